The van der Waals surface area contributed by atoms with Crippen molar-refractivity contribution in [2.45, 2.75) is 40.2 Å². The molecule has 0 fully saturated rings. The third-order valence-corrected chi connectivity index (χ3v) is 1.93. The third kappa shape index (κ3) is 3.73. The maximum absolute atomic E-state index is 4.42. The smallest absolute Gasteiger partial charge is 0.224 e. The predicted molar refractivity (Wildman–Crippen MR) is 64.3 cm³/mol. The largest absolute Gasteiger partial charge is 0.368 e. The fourth-order valence-corrected chi connectivity index (χ4v) is 1.18. The fourth-order valence-electron chi connectivity index (χ4n) is 1.18. The first-order valence-electron chi connectivity index (χ1n) is 5.47. The lowest BCUT2D eigenvalue weighted by Crippen LogP contribution is -2.14. The van der Waals surface area contributed by atoms with Crippen molar-refractivity contribution < 1.29 is 0 Å². The molecular weight excluding hydrogens is 188 g/mol. The van der Waals surface area contributed by atoms with E-state index in [1.165, 1.54) is 0 Å². The summed E-state index contributed by atoms with van der Waals surface area (Å²) in [5.41, 5.74) is 1.07. The maximum atomic E-state index is 4.42. The van der Waals surface area contributed by atoms with Crippen molar-refractivity contribution >= 4 is 11.8 Å². The number of rotatable bonds is 5. The van der Waals surface area contributed by atoms with E-state index in [-0.39, 0.29) is 0 Å². The first kappa shape index (κ1) is 11.8. The topological polar surface area (TPSA) is 49.8 Å². The van der Waals surface area contributed by atoms with Gasteiger partial charge in [0, 0.05) is 24.3 Å². The summed E-state index contributed by atoms with van der Waals surface area (Å²) in [6.45, 7) is 9.23. The van der Waals surface area contributed by atoms with E-state index in [4.69, 9.17) is 0 Å². The molecule has 1 heterocycles. The van der Waals surface area contributed by atoms with Crippen LogP contribution < -0.4 is 10.6 Å². The Morgan fingerprint density at radius 2 is 2.13 bits per heavy atom. The second-order valence-electron chi connectivity index (χ2n) is 3.95. The molecule has 0 saturated heterocycles. The molecule has 4 heteroatoms. The number of hydrogen-bond donors (Lipinski definition) is 2. The highest BCUT2D eigenvalue weighted by atomic mass is 15.1. The van der Waals surface area contributed by atoms with E-state index in [1.807, 2.05) is 13.1 Å². The highest BCUT2D eigenvalue weighted by molar-refractivity contribution is 5.46. The fraction of sp³-hybridized carbons (Fsp3) is 0.636. The Labute approximate surface area is 91.5 Å². The van der Waals surface area contributed by atoms with Crippen LogP contribution in [0.3, 0.4) is 0 Å². The van der Waals surface area contributed by atoms with E-state index >= 15 is 0 Å². The van der Waals surface area contributed by atoms with Gasteiger partial charge in [-0.05, 0) is 27.2 Å². The summed E-state index contributed by atoms with van der Waals surface area (Å²) in [6.07, 6.45) is 2.92. The van der Waals surface area contributed by atoms with Gasteiger partial charge in [-0.3, -0.25) is 0 Å². The number of nitrogens with one attached hydrogen (secondary N) is 2. The van der Waals surface area contributed by atoms with Gasteiger partial charge in [-0.25, -0.2) is 4.98 Å². The predicted octanol–water partition coefficient (Wildman–Crippen LogP) is 2.43. The lowest BCUT2D eigenvalue weighted by Gasteiger charge is -2.12. The zero-order valence-corrected chi connectivity index (χ0v) is 9.96. The highest BCUT2D eigenvalue weighted by Crippen LogP contribution is 2.13. The molecule has 0 radical (unpaired) electrons. The molecule has 0 aliphatic rings. The van der Waals surface area contributed by atoms with Crippen LogP contribution in [0.15, 0.2) is 6.20 Å². The molecule has 1 rings (SSSR count). The van der Waals surface area contributed by atoms with E-state index in [2.05, 4.69) is 41.4 Å². The third-order valence-electron chi connectivity index (χ3n) is 1.93. The molecule has 0 aromatic carbocycles. The Bertz CT molecular complexity index is 309. The van der Waals surface area contributed by atoms with Gasteiger partial charge in [0.15, 0.2) is 0 Å². The number of hydrogen-bond acceptors (Lipinski definition) is 4. The summed E-state index contributed by atoms with van der Waals surface area (Å²) < 4.78 is 0. The molecule has 1 aromatic heterocycles. The van der Waals surface area contributed by atoms with E-state index in [0.717, 1.165) is 24.3 Å². The normalized spacial score (nSPS) is 10.5. The van der Waals surface area contributed by atoms with Crippen molar-refractivity contribution in [3.63, 3.8) is 0 Å². The van der Waals surface area contributed by atoms with Crippen LogP contribution in [0.25, 0.3) is 0 Å². The molecule has 84 valence electrons. The van der Waals surface area contributed by atoms with Gasteiger partial charge in [0.1, 0.15) is 5.82 Å². The SMILES string of the molecule is CCCNc1ncc(C)c(NC(C)C)n1. The van der Waals surface area contributed by atoms with E-state index < -0.39 is 0 Å². The van der Waals surface area contributed by atoms with Crippen molar-refractivity contribution in [3.8, 4) is 0 Å². The van der Waals surface area contributed by atoms with Crippen LogP contribution in [0.1, 0.15) is 32.8 Å². The van der Waals surface area contributed by atoms with Crippen molar-refractivity contribution in [2.24, 2.45) is 0 Å². The van der Waals surface area contributed by atoms with Crippen LogP contribution in [0.4, 0.5) is 11.8 Å². The molecule has 4 nitrogen and oxygen atoms in total. The minimum atomic E-state index is 0.387. The molecule has 0 spiro atoms. The second-order valence-corrected chi connectivity index (χ2v) is 3.95. The molecular formula is C11H20N4. The Hall–Kier alpha value is -1.32. The van der Waals surface area contributed by atoms with Gasteiger partial charge < -0.3 is 10.6 Å². The van der Waals surface area contributed by atoms with Crippen LogP contribution in [0.2, 0.25) is 0 Å². The Morgan fingerprint density at radius 3 is 2.73 bits per heavy atom. The number of aromatic nitrogens is 2. The minimum absolute atomic E-state index is 0.387. The van der Waals surface area contributed by atoms with Gasteiger partial charge in [-0.1, -0.05) is 6.92 Å². The zero-order chi connectivity index (χ0) is 11.3. The Morgan fingerprint density at radius 1 is 1.40 bits per heavy atom. The van der Waals surface area contributed by atoms with Crippen molar-refractivity contribution in [1.82, 2.24) is 9.97 Å². The van der Waals surface area contributed by atoms with Gasteiger partial charge in [0.25, 0.3) is 0 Å². The van der Waals surface area contributed by atoms with E-state index in [1.54, 1.807) is 0 Å². The van der Waals surface area contributed by atoms with Gasteiger partial charge in [-0.2, -0.15) is 4.98 Å². The molecule has 0 unspecified atom stereocenters. The van der Waals surface area contributed by atoms with Crippen LogP contribution >= 0.6 is 0 Å². The van der Waals surface area contributed by atoms with Crippen LogP contribution in [-0.4, -0.2) is 22.6 Å². The molecule has 0 amide bonds. The summed E-state index contributed by atoms with van der Waals surface area (Å²) in [4.78, 5) is 8.64. The van der Waals surface area contributed by atoms with Gasteiger partial charge in [0.2, 0.25) is 5.95 Å². The summed E-state index contributed by atoms with van der Waals surface area (Å²) in [6, 6.07) is 0.387. The summed E-state index contributed by atoms with van der Waals surface area (Å²) >= 11 is 0. The second kappa shape index (κ2) is 5.53. The average molecular weight is 208 g/mol. The molecule has 0 aliphatic heterocycles. The van der Waals surface area contributed by atoms with Gasteiger partial charge >= 0.3 is 0 Å². The lowest BCUT2D eigenvalue weighted by molar-refractivity contribution is 0.878. The monoisotopic (exact) mass is 208 g/mol. The van der Waals surface area contributed by atoms with Crippen LogP contribution in [0.5, 0.6) is 0 Å². The summed E-state index contributed by atoms with van der Waals surface area (Å²) in [5, 5.41) is 6.47. The molecule has 1 aromatic rings. The molecule has 0 bridgehead atoms. The van der Waals surface area contributed by atoms with Crippen molar-refractivity contribution in [3.05, 3.63) is 11.8 Å². The standard InChI is InChI=1S/C11H20N4/c1-5-6-12-11-13-7-9(4)10(15-11)14-8(2)3/h7-8H,5-6H2,1-4H3,(H2,12,13,14,15). The van der Waals surface area contributed by atoms with Crippen molar-refractivity contribution in [1.29, 1.82) is 0 Å². The van der Waals surface area contributed by atoms with Crippen molar-refractivity contribution in [2.75, 3.05) is 17.2 Å². The molecule has 2 N–H and O–H groups in total. The molecule has 0 aliphatic carbocycles. The van der Waals surface area contributed by atoms with Crippen LogP contribution in [0, 0.1) is 6.92 Å². The number of anilines is 2. The quantitative estimate of drug-likeness (QED) is 0.780. The first-order chi connectivity index (χ1) is 7.13. The maximum Gasteiger partial charge on any atom is 0.224 e. The first-order valence-corrected chi connectivity index (χ1v) is 5.47. The summed E-state index contributed by atoms with van der Waals surface area (Å²) in [5.74, 6) is 1.62. The summed E-state index contributed by atoms with van der Waals surface area (Å²) in [7, 11) is 0. The lowest BCUT2D eigenvalue weighted by atomic mass is 10.3. The van der Waals surface area contributed by atoms with E-state index in [0.29, 0.717) is 12.0 Å². The Balaban J connectivity index is 2.75. The molecule has 15 heavy (non-hydrogen) atoms. The van der Waals surface area contributed by atoms with Crippen LogP contribution in [-0.2, 0) is 0 Å². The molecule has 0 saturated carbocycles. The average Bonchev–Trinajstić information content (AvgIpc) is 2.18. The van der Waals surface area contributed by atoms with Gasteiger partial charge in [0.05, 0.1) is 0 Å². The zero-order valence-electron chi connectivity index (χ0n) is 9.96. The van der Waals surface area contributed by atoms with Gasteiger partial charge in [-0.15, -0.1) is 0 Å². The number of aryl methyl sites for hydroxylation is 1. The highest BCUT2D eigenvalue weighted by Gasteiger charge is 2.04. The Kier molecular flexibility index (Phi) is 4.34. The van der Waals surface area contributed by atoms with E-state index in [9.17, 15) is 0 Å². The molecule has 0 atom stereocenters. The number of nitrogens with zero attached hydrogens (tertiary/aromatic N) is 2. The minimum Gasteiger partial charge on any atom is -0.368 e.